The standard InChI is InChI=1S/C16H28N2S/c1-12(2)17-9-13(3)14(4)18(16-5-6-16)10-15-7-8-19-11-15/h7-8,11-14,16-17H,5-6,9-10H2,1-4H3. The molecule has 0 amide bonds. The summed E-state index contributed by atoms with van der Waals surface area (Å²) in [6, 6.07) is 4.33. The maximum atomic E-state index is 3.57. The lowest BCUT2D eigenvalue weighted by atomic mass is 10.0. The fraction of sp³-hybridized carbons (Fsp3) is 0.750. The lowest BCUT2D eigenvalue weighted by Gasteiger charge is -2.33. The van der Waals surface area contributed by atoms with E-state index in [2.05, 4.69) is 54.7 Å². The highest BCUT2D eigenvalue weighted by Gasteiger charge is 2.34. The number of nitrogens with one attached hydrogen (secondary N) is 1. The molecule has 0 bridgehead atoms. The molecule has 1 aliphatic rings. The Hall–Kier alpha value is -0.380. The van der Waals surface area contributed by atoms with Gasteiger partial charge in [-0.05, 0) is 54.6 Å². The summed E-state index contributed by atoms with van der Waals surface area (Å²) < 4.78 is 0. The van der Waals surface area contributed by atoms with Gasteiger partial charge in [0.25, 0.3) is 0 Å². The minimum atomic E-state index is 0.584. The van der Waals surface area contributed by atoms with E-state index in [1.54, 1.807) is 0 Å². The summed E-state index contributed by atoms with van der Waals surface area (Å²) in [6.45, 7) is 11.5. The summed E-state index contributed by atoms with van der Waals surface area (Å²) in [7, 11) is 0. The molecule has 108 valence electrons. The third-order valence-electron chi connectivity index (χ3n) is 4.16. The molecule has 0 saturated heterocycles. The van der Waals surface area contributed by atoms with Crippen LogP contribution in [0.25, 0.3) is 0 Å². The van der Waals surface area contributed by atoms with E-state index in [1.165, 1.54) is 18.4 Å². The van der Waals surface area contributed by atoms with Gasteiger partial charge in [0.05, 0.1) is 0 Å². The van der Waals surface area contributed by atoms with Crippen LogP contribution in [0, 0.1) is 5.92 Å². The van der Waals surface area contributed by atoms with Gasteiger partial charge in [-0.3, -0.25) is 4.90 Å². The lowest BCUT2D eigenvalue weighted by molar-refractivity contribution is 0.141. The third kappa shape index (κ3) is 4.59. The second-order valence-electron chi connectivity index (χ2n) is 6.32. The molecule has 0 aliphatic heterocycles. The molecule has 1 aromatic heterocycles. The van der Waals surface area contributed by atoms with Gasteiger partial charge in [-0.1, -0.05) is 20.8 Å². The normalized spacial score (nSPS) is 19.1. The molecule has 1 aliphatic carbocycles. The molecule has 0 radical (unpaired) electrons. The van der Waals surface area contributed by atoms with Crippen LogP contribution < -0.4 is 5.32 Å². The van der Waals surface area contributed by atoms with E-state index in [9.17, 15) is 0 Å². The summed E-state index contributed by atoms with van der Waals surface area (Å²) in [6.07, 6.45) is 2.78. The van der Waals surface area contributed by atoms with Crippen molar-refractivity contribution in [3.8, 4) is 0 Å². The van der Waals surface area contributed by atoms with Gasteiger partial charge in [-0.15, -0.1) is 0 Å². The zero-order valence-electron chi connectivity index (χ0n) is 12.7. The van der Waals surface area contributed by atoms with Crippen LogP contribution in [-0.2, 0) is 6.54 Å². The van der Waals surface area contributed by atoms with Gasteiger partial charge in [0.15, 0.2) is 0 Å². The number of rotatable bonds is 8. The summed E-state index contributed by atoms with van der Waals surface area (Å²) >= 11 is 1.81. The highest BCUT2D eigenvalue weighted by molar-refractivity contribution is 7.07. The van der Waals surface area contributed by atoms with E-state index < -0.39 is 0 Å². The molecule has 1 heterocycles. The van der Waals surface area contributed by atoms with Crippen molar-refractivity contribution in [3.05, 3.63) is 22.4 Å². The predicted molar refractivity (Wildman–Crippen MR) is 84.6 cm³/mol. The Labute approximate surface area is 122 Å². The maximum absolute atomic E-state index is 3.57. The SMILES string of the molecule is CC(C)NCC(C)C(C)N(Cc1ccsc1)C1CC1. The van der Waals surface area contributed by atoms with E-state index in [0.29, 0.717) is 18.0 Å². The van der Waals surface area contributed by atoms with E-state index in [1.807, 2.05) is 11.3 Å². The molecule has 1 saturated carbocycles. The first kappa shape index (κ1) is 15.0. The zero-order valence-corrected chi connectivity index (χ0v) is 13.5. The highest BCUT2D eigenvalue weighted by atomic mass is 32.1. The van der Waals surface area contributed by atoms with Crippen molar-refractivity contribution in [2.24, 2.45) is 5.92 Å². The van der Waals surface area contributed by atoms with Gasteiger partial charge in [-0.25, -0.2) is 0 Å². The summed E-state index contributed by atoms with van der Waals surface area (Å²) in [4.78, 5) is 2.72. The topological polar surface area (TPSA) is 15.3 Å². The molecule has 3 heteroatoms. The fourth-order valence-electron chi connectivity index (χ4n) is 2.52. The number of nitrogens with zero attached hydrogens (tertiary/aromatic N) is 1. The molecule has 1 aromatic rings. The second kappa shape index (κ2) is 6.87. The number of hydrogen-bond acceptors (Lipinski definition) is 3. The van der Waals surface area contributed by atoms with Gasteiger partial charge in [0, 0.05) is 24.7 Å². The molecule has 2 unspecified atom stereocenters. The van der Waals surface area contributed by atoms with E-state index >= 15 is 0 Å². The summed E-state index contributed by atoms with van der Waals surface area (Å²) in [5, 5.41) is 8.05. The van der Waals surface area contributed by atoms with Crippen molar-refractivity contribution in [3.63, 3.8) is 0 Å². The van der Waals surface area contributed by atoms with Gasteiger partial charge in [0.2, 0.25) is 0 Å². The Morgan fingerprint density at radius 3 is 2.58 bits per heavy atom. The molecular weight excluding hydrogens is 252 g/mol. The molecular formula is C16H28N2S. The first-order chi connectivity index (χ1) is 9.08. The number of thiophene rings is 1. The van der Waals surface area contributed by atoms with Crippen molar-refractivity contribution in [1.82, 2.24) is 10.2 Å². The Kier molecular flexibility index (Phi) is 5.43. The van der Waals surface area contributed by atoms with Crippen LogP contribution in [0.4, 0.5) is 0 Å². The van der Waals surface area contributed by atoms with Crippen molar-refractivity contribution >= 4 is 11.3 Å². The average Bonchev–Trinajstić information content (AvgIpc) is 3.09. The van der Waals surface area contributed by atoms with Gasteiger partial charge in [-0.2, -0.15) is 11.3 Å². The van der Waals surface area contributed by atoms with Gasteiger partial charge < -0.3 is 5.32 Å². The van der Waals surface area contributed by atoms with Crippen LogP contribution in [0.5, 0.6) is 0 Å². The van der Waals surface area contributed by atoms with Crippen LogP contribution in [0.3, 0.4) is 0 Å². The molecule has 1 N–H and O–H groups in total. The Balaban J connectivity index is 1.90. The minimum Gasteiger partial charge on any atom is -0.314 e. The molecule has 0 spiro atoms. The monoisotopic (exact) mass is 280 g/mol. The van der Waals surface area contributed by atoms with Gasteiger partial charge in [0.1, 0.15) is 0 Å². The van der Waals surface area contributed by atoms with Crippen molar-refractivity contribution in [2.45, 2.75) is 65.2 Å². The molecule has 19 heavy (non-hydrogen) atoms. The van der Waals surface area contributed by atoms with Crippen LogP contribution in [0.1, 0.15) is 46.1 Å². The molecule has 0 aromatic carbocycles. The average molecular weight is 280 g/mol. The summed E-state index contributed by atoms with van der Waals surface area (Å²) in [5.41, 5.74) is 1.48. The van der Waals surface area contributed by atoms with E-state index in [4.69, 9.17) is 0 Å². The smallest absolute Gasteiger partial charge is 0.0247 e. The maximum Gasteiger partial charge on any atom is 0.0247 e. The van der Waals surface area contributed by atoms with E-state index in [0.717, 1.165) is 19.1 Å². The first-order valence-corrected chi connectivity index (χ1v) is 8.52. The van der Waals surface area contributed by atoms with E-state index in [-0.39, 0.29) is 0 Å². The summed E-state index contributed by atoms with van der Waals surface area (Å²) in [5.74, 6) is 0.696. The third-order valence-corrected chi connectivity index (χ3v) is 4.89. The first-order valence-electron chi connectivity index (χ1n) is 7.58. The Morgan fingerprint density at radius 1 is 1.32 bits per heavy atom. The van der Waals surface area contributed by atoms with Crippen molar-refractivity contribution in [1.29, 1.82) is 0 Å². The molecule has 2 atom stereocenters. The quantitative estimate of drug-likeness (QED) is 0.780. The second-order valence-corrected chi connectivity index (χ2v) is 7.10. The number of hydrogen-bond donors (Lipinski definition) is 1. The molecule has 2 nitrogen and oxygen atoms in total. The van der Waals surface area contributed by atoms with Gasteiger partial charge >= 0.3 is 0 Å². The van der Waals surface area contributed by atoms with Crippen molar-refractivity contribution in [2.75, 3.05) is 6.54 Å². The molecule has 1 fully saturated rings. The fourth-order valence-corrected chi connectivity index (χ4v) is 3.18. The van der Waals surface area contributed by atoms with Crippen molar-refractivity contribution < 1.29 is 0 Å². The van der Waals surface area contributed by atoms with Crippen LogP contribution in [0.2, 0.25) is 0 Å². The predicted octanol–water partition coefficient (Wildman–Crippen LogP) is 3.74. The van der Waals surface area contributed by atoms with Crippen LogP contribution >= 0.6 is 11.3 Å². The largest absolute Gasteiger partial charge is 0.314 e. The Morgan fingerprint density at radius 2 is 2.05 bits per heavy atom. The lowest BCUT2D eigenvalue weighted by Crippen LogP contribution is -2.43. The highest BCUT2D eigenvalue weighted by Crippen LogP contribution is 2.32. The Bertz CT molecular complexity index is 357. The minimum absolute atomic E-state index is 0.584. The van der Waals surface area contributed by atoms with Crippen LogP contribution in [-0.4, -0.2) is 29.6 Å². The zero-order chi connectivity index (χ0) is 13.8. The van der Waals surface area contributed by atoms with Crippen LogP contribution in [0.15, 0.2) is 16.8 Å². The molecule has 2 rings (SSSR count).